The van der Waals surface area contributed by atoms with Crippen molar-refractivity contribution in [2.75, 3.05) is 5.32 Å². The molecular weight excluding hydrogens is 499 g/mol. The van der Waals surface area contributed by atoms with Gasteiger partial charge in [0.25, 0.3) is 5.91 Å². The molecule has 0 spiro atoms. The van der Waals surface area contributed by atoms with Crippen LogP contribution in [0.3, 0.4) is 0 Å². The minimum absolute atomic E-state index is 0.0551. The van der Waals surface area contributed by atoms with Crippen molar-refractivity contribution in [3.05, 3.63) is 88.3 Å². The van der Waals surface area contributed by atoms with Gasteiger partial charge in [0.05, 0.1) is 16.8 Å². The minimum Gasteiger partial charge on any atom is -0.441 e. The lowest BCUT2D eigenvalue weighted by Gasteiger charge is -2.17. The van der Waals surface area contributed by atoms with Crippen LogP contribution in [0.4, 0.5) is 14.9 Å². The third-order valence-electron chi connectivity index (χ3n) is 6.28. The predicted octanol–water partition coefficient (Wildman–Crippen LogP) is 4.78. The Balaban J connectivity index is 1.44. The SMILES string of the molecule is Cn1cnc(COC(=O)N[C@@H]2CCc3c2c(-c2ccccc2)n(C)c3C(=O)Nc2ccc(F)c(Cl)c2)n1. The molecule has 2 amide bonds. The van der Waals surface area contributed by atoms with Crippen molar-refractivity contribution in [3.8, 4) is 11.3 Å². The van der Waals surface area contributed by atoms with E-state index in [0.717, 1.165) is 22.4 Å². The Morgan fingerprint density at radius 3 is 2.68 bits per heavy atom. The van der Waals surface area contributed by atoms with E-state index >= 15 is 0 Å². The molecule has 0 fully saturated rings. The van der Waals surface area contributed by atoms with Crippen molar-refractivity contribution in [3.63, 3.8) is 0 Å². The van der Waals surface area contributed by atoms with E-state index in [2.05, 4.69) is 20.7 Å². The fourth-order valence-electron chi connectivity index (χ4n) is 4.73. The second-order valence-electron chi connectivity index (χ2n) is 8.74. The van der Waals surface area contributed by atoms with E-state index in [-0.39, 0.29) is 23.6 Å². The lowest BCUT2D eigenvalue weighted by atomic mass is 10.0. The number of alkyl carbamates (subject to hydrolysis) is 1. The Bertz CT molecular complexity index is 1480. The van der Waals surface area contributed by atoms with E-state index in [1.165, 1.54) is 29.2 Å². The number of fused-ring (bicyclic) bond motifs is 1. The maximum absolute atomic E-state index is 13.6. The average Bonchev–Trinajstić information content (AvgIpc) is 3.55. The number of amides is 2. The summed E-state index contributed by atoms with van der Waals surface area (Å²) in [7, 11) is 3.55. The molecule has 37 heavy (non-hydrogen) atoms. The maximum atomic E-state index is 13.6. The Kier molecular flexibility index (Phi) is 6.66. The lowest BCUT2D eigenvalue weighted by Crippen LogP contribution is -2.28. The molecule has 0 saturated carbocycles. The van der Waals surface area contributed by atoms with E-state index in [0.29, 0.717) is 30.0 Å². The van der Waals surface area contributed by atoms with Gasteiger partial charge >= 0.3 is 6.09 Å². The molecule has 2 N–H and O–H groups in total. The van der Waals surface area contributed by atoms with Crippen LogP contribution in [0.25, 0.3) is 11.3 Å². The first kappa shape index (κ1) is 24.5. The Morgan fingerprint density at radius 1 is 1.19 bits per heavy atom. The molecule has 0 saturated heterocycles. The van der Waals surface area contributed by atoms with Crippen LogP contribution in [0.15, 0.2) is 54.9 Å². The molecule has 2 aromatic heterocycles. The largest absolute Gasteiger partial charge is 0.441 e. The number of halogens is 2. The molecule has 9 nitrogen and oxygen atoms in total. The zero-order valence-electron chi connectivity index (χ0n) is 20.2. The Hall–Kier alpha value is -4.18. The normalized spacial score (nSPS) is 14.3. The van der Waals surface area contributed by atoms with Crippen LogP contribution in [0.2, 0.25) is 5.02 Å². The molecular formula is C26H24ClFN6O3. The number of aryl methyl sites for hydroxylation is 1. The summed E-state index contributed by atoms with van der Waals surface area (Å²) in [5.74, 6) is -0.521. The smallest absolute Gasteiger partial charge is 0.408 e. The number of aromatic nitrogens is 4. The van der Waals surface area contributed by atoms with E-state index in [9.17, 15) is 14.0 Å². The second-order valence-corrected chi connectivity index (χ2v) is 9.15. The molecule has 1 atom stereocenters. The summed E-state index contributed by atoms with van der Waals surface area (Å²) in [4.78, 5) is 30.1. The highest BCUT2D eigenvalue weighted by Gasteiger charge is 2.36. The average molecular weight is 523 g/mol. The van der Waals surface area contributed by atoms with Gasteiger partial charge in [-0.25, -0.2) is 14.2 Å². The highest BCUT2D eigenvalue weighted by molar-refractivity contribution is 6.31. The van der Waals surface area contributed by atoms with Gasteiger partial charge in [0.15, 0.2) is 12.4 Å². The molecule has 5 rings (SSSR count). The number of anilines is 1. The van der Waals surface area contributed by atoms with Crippen LogP contribution >= 0.6 is 11.6 Å². The summed E-state index contributed by atoms with van der Waals surface area (Å²) >= 11 is 5.89. The zero-order chi connectivity index (χ0) is 26.1. The molecule has 0 radical (unpaired) electrons. The molecule has 0 unspecified atom stereocenters. The highest BCUT2D eigenvalue weighted by atomic mass is 35.5. The van der Waals surface area contributed by atoms with Crippen molar-refractivity contribution >= 4 is 29.3 Å². The van der Waals surface area contributed by atoms with Gasteiger partial charge in [-0.3, -0.25) is 9.48 Å². The van der Waals surface area contributed by atoms with Crippen molar-refractivity contribution in [1.29, 1.82) is 0 Å². The van der Waals surface area contributed by atoms with Gasteiger partial charge in [0, 0.05) is 25.3 Å². The molecule has 11 heteroatoms. The van der Waals surface area contributed by atoms with Gasteiger partial charge in [0.1, 0.15) is 17.8 Å². The van der Waals surface area contributed by atoms with Crippen molar-refractivity contribution in [2.24, 2.45) is 14.1 Å². The molecule has 0 bridgehead atoms. The number of carbonyl (C=O) groups is 2. The lowest BCUT2D eigenvalue weighted by molar-refractivity contribution is 0.101. The van der Waals surface area contributed by atoms with E-state index in [1.807, 2.05) is 41.9 Å². The molecule has 4 aromatic rings. The van der Waals surface area contributed by atoms with Crippen LogP contribution in [0.1, 0.15) is 39.9 Å². The van der Waals surface area contributed by atoms with Gasteiger partial charge in [-0.15, -0.1) is 0 Å². The summed E-state index contributed by atoms with van der Waals surface area (Å²) < 4.78 is 22.3. The number of nitrogens with zero attached hydrogens (tertiary/aromatic N) is 4. The monoisotopic (exact) mass is 522 g/mol. The number of rotatable bonds is 6. The summed E-state index contributed by atoms with van der Waals surface area (Å²) in [6.45, 7) is -0.0551. The van der Waals surface area contributed by atoms with Gasteiger partial charge < -0.3 is 19.9 Å². The van der Waals surface area contributed by atoms with E-state index in [1.54, 1.807) is 7.05 Å². The molecule has 1 aliphatic rings. The third kappa shape index (κ3) is 4.92. The fraction of sp³-hybridized carbons (Fsp3) is 0.231. The highest BCUT2D eigenvalue weighted by Crippen LogP contribution is 2.42. The summed E-state index contributed by atoms with van der Waals surface area (Å²) in [5.41, 5.74) is 4.28. The fourth-order valence-corrected chi connectivity index (χ4v) is 4.91. The first-order chi connectivity index (χ1) is 17.8. The van der Waals surface area contributed by atoms with Gasteiger partial charge in [-0.2, -0.15) is 5.10 Å². The number of nitrogens with one attached hydrogen (secondary N) is 2. The van der Waals surface area contributed by atoms with Gasteiger partial charge in [0.2, 0.25) is 0 Å². The molecule has 0 aliphatic heterocycles. The zero-order valence-corrected chi connectivity index (χ0v) is 20.9. The third-order valence-corrected chi connectivity index (χ3v) is 6.57. The van der Waals surface area contributed by atoms with Crippen LogP contribution in [-0.2, 0) is 31.9 Å². The van der Waals surface area contributed by atoms with Gasteiger partial charge in [-0.1, -0.05) is 41.9 Å². The summed E-state index contributed by atoms with van der Waals surface area (Å²) in [5, 5.41) is 9.78. The van der Waals surface area contributed by atoms with Crippen LogP contribution in [-0.4, -0.2) is 31.3 Å². The number of hydrogen-bond donors (Lipinski definition) is 2. The van der Waals surface area contributed by atoms with Crippen molar-refractivity contribution in [1.82, 2.24) is 24.6 Å². The topological polar surface area (TPSA) is 103 Å². The van der Waals surface area contributed by atoms with Gasteiger partial charge in [-0.05, 0) is 42.2 Å². The first-order valence-electron chi connectivity index (χ1n) is 11.6. The standard InChI is InChI=1S/C26H24ClFN6O3/c1-33-14-29-21(32-33)13-37-26(36)31-20-11-9-17-22(20)23(15-6-4-3-5-7-15)34(2)24(17)25(35)30-16-8-10-19(28)18(27)12-16/h3-8,10,12,14,20H,9,11,13H2,1-2H3,(H,30,35)(H,31,36)/t20-/m1/s1. The van der Waals surface area contributed by atoms with Crippen LogP contribution < -0.4 is 10.6 Å². The number of benzene rings is 2. The Morgan fingerprint density at radius 2 is 1.97 bits per heavy atom. The minimum atomic E-state index is -0.597. The maximum Gasteiger partial charge on any atom is 0.408 e. The first-order valence-corrected chi connectivity index (χ1v) is 12.0. The molecule has 2 aromatic carbocycles. The predicted molar refractivity (Wildman–Crippen MR) is 136 cm³/mol. The number of hydrogen-bond acceptors (Lipinski definition) is 5. The quantitative estimate of drug-likeness (QED) is 0.379. The number of ether oxygens (including phenoxy) is 1. The van der Waals surface area contributed by atoms with E-state index in [4.69, 9.17) is 16.3 Å². The molecule has 190 valence electrons. The molecule has 1 aliphatic carbocycles. The van der Waals surface area contributed by atoms with E-state index < -0.39 is 11.9 Å². The van der Waals surface area contributed by atoms with Crippen molar-refractivity contribution < 1.29 is 18.7 Å². The van der Waals surface area contributed by atoms with Crippen molar-refractivity contribution in [2.45, 2.75) is 25.5 Å². The van der Waals surface area contributed by atoms with Crippen LogP contribution in [0, 0.1) is 5.82 Å². The van der Waals surface area contributed by atoms with Crippen LogP contribution in [0.5, 0.6) is 0 Å². The molecule has 2 heterocycles. The second kappa shape index (κ2) is 10.1. The summed E-state index contributed by atoms with van der Waals surface area (Å²) in [6.07, 6.45) is 2.11. The number of carbonyl (C=O) groups excluding carboxylic acids is 2. The summed E-state index contributed by atoms with van der Waals surface area (Å²) in [6, 6.07) is 13.3. The Labute approximate surface area is 217 Å².